The molecule has 10 heteroatoms. The lowest BCUT2D eigenvalue weighted by Gasteiger charge is -2.12. The van der Waals surface area contributed by atoms with Crippen molar-refractivity contribution in [2.45, 2.75) is 23.3 Å². The number of fused-ring (bicyclic) bond motifs is 1. The van der Waals surface area contributed by atoms with Gasteiger partial charge in [0.05, 0.1) is 6.04 Å². The predicted octanol–water partition coefficient (Wildman–Crippen LogP) is 1.53. The number of aromatic nitrogens is 6. The summed E-state index contributed by atoms with van der Waals surface area (Å²) in [6.07, 6.45) is 0. The van der Waals surface area contributed by atoms with Crippen LogP contribution in [0.4, 0.5) is 0 Å². The van der Waals surface area contributed by atoms with Gasteiger partial charge < -0.3 is 0 Å². The predicted molar refractivity (Wildman–Crippen MR) is 99.6 cm³/mol. The Balaban J connectivity index is 1.59. The van der Waals surface area contributed by atoms with E-state index in [4.69, 9.17) is 0 Å². The van der Waals surface area contributed by atoms with E-state index in [0.29, 0.717) is 27.5 Å². The van der Waals surface area contributed by atoms with E-state index in [1.54, 1.807) is 11.6 Å². The van der Waals surface area contributed by atoms with Crippen LogP contribution in [0.1, 0.15) is 11.7 Å². The molecule has 1 aliphatic heterocycles. The Kier molecular flexibility index (Phi) is 4.60. The fourth-order valence-electron chi connectivity index (χ4n) is 2.48. The van der Waals surface area contributed by atoms with Crippen LogP contribution >= 0.6 is 23.5 Å². The van der Waals surface area contributed by atoms with Gasteiger partial charge in [0.25, 0.3) is 11.1 Å². The molecule has 0 saturated carbocycles. The third-order valence-electron chi connectivity index (χ3n) is 3.85. The molecule has 0 radical (unpaired) electrons. The number of hydrogen-bond acceptors (Lipinski definition) is 8. The highest BCUT2D eigenvalue weighted by atomic mass is 32.2. The largest absolute Gasteiger partial charge is 0.300 e. The Morgan fingerprint density at radius 1 is 1.27 bits per heavy atom. The van der Waals surface area contributed by atoms with Crippen molar-refractivity contribution in [2.24, 2.45) is 0 Å². The normalized spacial score (nSPS) is 15.8. The molecule has 3 heterocycles. The standard InChI is InChI=1S/C16H14N6O2S2/c1-9-13(23)17-15(20-19-9)25-7-11-8-26-16-18-14(24)12(21-22(11)16)10-5-3-2-4-6-10/h2-6,11H,7-8H2,1H3,(H,17,20,23). The van der Waals surface area contributed by atoms with Gasteiger partial charge in [-0.1, -0.05) is 53.9 Å². The van der Waals surface area contributed by atoms with Gasteiger partial charge in [0.2, 0.25) is 0 Å². The molecule has 1 atom stereocenters. The zero-order valence-corrected chi connectivity index (χ0v) is 15.4. The van der Waals surface area contributed by atoms with Crippen molar-refractivity contribution in [3.8, 4) is 11.3 Å². The molecule has 0 fully saturated rings. The maximum absolute atomic E-state index is 12.3. The Morgan fingerprint density at radius 3 is 2.85 bits per heavy atom. The number of H-pyrrole nitrogens is 1. The number of nitrogens with one attached hydrogen (secondary N) is 1. The number of aromatic amines is 1. The first-order valence-electron chi connectivity index (χ1n) is 7.87. The average molecular weight is 386 g/mol. The fraction of sp³-hybridized carbons (Fsp3) is 0.250. The summed E-state index contributed by atoms with van der Waals surface area (Å²) in [5, 5.41) is 13.5. The molecule has 0 spiro atoms. The van der Waals surface area contributed by atoms with E-state index in [-0.39, 0.29) is 17.2 Å². The molecule has 1 aromatic carbocycles. The summed E-state index contributed by atoms with van der Waals surface area (Å²) in [6.45, 7) is 1.61. The van der Waals surface area contributed by atoms with Crippen molar-refractivity contribution in [2.75, 3.05) is 11.5 Å². The first-order chi connectivity index (χ1) is 12.6. The number of hydrogen-bond donors (Lipinski definition) is 1. The van der Waals surface area contributed by atoms with Gasteiger partial charge in [-0.3, -0.25) is 14.6 Å². The molecule has 1 N–H and O–H groups in total. The van der Waals surface area contributed by atoms with Crippen molar-refractivity contribution in [1.82, 2.24) is 29.9 Å². The Morgan fingerprint density at radius 2 is 2.08 bits per heavy atom. The molecule has 0 saturated heterocycles. The molecule has 0 amide bonds. The third-order valence-corrected chi connectivity index (χ3v) is 5.95. The minimum absolute atomic E-state index is 0.0437. The Hall–Kier alpha value is -2.46. The maximum Gasteiger partial charge on any atom is 0.300 e. The van der Waals surface area contributed by atoms with Gasteiger partial charge in [0, 0.05) is 17.1 Å². The van der Waals surface area contributed by atoms with E-state index in [1.807, 2.05) is 30.3 Å². The van der Waals surface area contributed by atoms with Crippen LogP contribution in [-0.4, -0.2) is 41.5 Å². The lowest BCUT2D eigenvalue weighted by atomic mass is 10.2. The van der Waals surface area contributed by atoms with E-state index in [1.165, 1.54) is 23.5 Å². The second-order valence-corrected chi connectivity index (χ2v) is 7.68. The number of thioether (sulfide) groups is 2. The summed E-state index contributed by atoms with van der Waals surface area (Å²) in [6, 6.07) is 9.35. The van der Waals surface area contributed by atoms with Crippen molar-refractivity contribution in [3.63, 3.8) is 0 Å². The van der Waals surface area contributed by atoms with Crippen molar-refractivity contribution in [1.29, 1.82) is 0 Å². The molecule has 3 aromatic rings. The van der Waals surface area contributed by atoms with Gasteiger partial charge in [-0.05, 0) is 6.92 Å². The van der Waals surface area contributed by atoms with Crippen LogP contribution in [0.25, 0.3) is 11.3 Å². The molecular weight excluding hydrogens is 372 g/mol. The van der Waals surface area contributed by atoms with E-state index in [2.05, 4.69) is 25.3 Å². The number of rotatable bonds is 4. The molecule has 1 unspecified atom stereocenters. The highest BCUT2D eigenvalue weighted by Crippen LogP contribution is 2.33. The summed E-state index contributed by atoms with van der Waals surface area (Å²) in [7, 11) is 0. The van der Waals surface area contributed by atoms with Crippen molar-refractivity contribution < 1.29 is 0 Å². The summed E-state index contributed by atoms with van der Waals surface area (Å²) in [5.41, 5.74) is 0.870. The number of nitrogens with zero attached hydrogens (tertiary/aromatic N) is 5. The molecule has 2 aromatic heterocycles. The van der Waals surface area contributed by atoms with Gasteiger partial charge in [-0.15, -0.1) is 10.2 Å². The van der Waals surface area contributed by atoms with E-state index in [9.17, 15) is 9.59 Å². The molecule has 8 nitrogen and oxygen atoms in total. The van der Waals surface area contributed by atoms with Crippen LogP contribution in [0.15, 0.2) is 50.2 Å². The highest BCUT2D eigenvalue weighted by molar-refractivity contribution is 8.00. The van der Waals surface area contributed by atoms with Gasteiger partial charge in [0.1, 0.15) is 5.69 Å². The van der Waals surface area contributed by atoms with Gasteiger partial charge in [0.15, 0.2) is 16.0 Å². The summed E-state index contributed by atoms with van der Waals surface area (Å²) < 4.78 is 1.79. The van der Waals surface area contributed by atoms with E-state index >= 15 is 0 Å². The van der Waals surface area contributed by atoms with Crippen molar-refractivity contribution >= 4 is 23.5 Å². The first-order valence-corrected chi connectivity index (χ1v) is 9.84. The number of benzene rings is 1. The van der Waals surface area contributed by atoms with Gasteiger partial charge >= 0.3 is 0 Å². The topological polar surface area (TPSA) is 106 Å². The molecule has 0 aliphatic carbocycles. The lowest BCUT2D eigenvalue weighted by molar-refractivity contribution is 0.488. The summed E-state index contributed by atoms with van der Waals surface area (Å²) in [5.74, 6) is 1.40. The minimum Gasteiger partial charge on any atom is -0.298 e. The molecule has 4 rings (SSSR count). The average Bonchev–Trinajstić information content (AvgIpc) is 3.04. The van der Waals surface area contributed by atoms with E-state index < -0.39 is 0 Å². The molecule has 0 bridgehead atoms. The second-order valence-electron chi connectivity index (χ2n) is 5.68. The van der Waals surface area contributed by atoms with Crippen LogP contribution in [0.5, 0.6) is 0 Å². The van der Waals surface area contributed by atoms with Crippen LogP contribution in [0, 0.1) is 6.92 Å². The molecule has 1 aliphatic rings. The zero-order chi connectivity index (χ0) is 18.1. The lowest BCUT2D eigenvalue weighted by Crippen LogP contribution is -2.22. The van der Waals surface area contributed by atoms with E-state index in [0.717, 1.165) is 11.3 Å². The summed E-state index contributed by atoms with van der Waals surface area (Å²) in [4.78, 5) is 30.8. The summed E-state index contributed by atoms with van der Waals surface area (Å²) >= 11 is 2.90. The molecular formula is C16H14N6O2S2. The fourth-order valence-corrected chi connectivity index (χ4v) is 4.57. The van der Waals surface area contributed by atoms with Crippen LogP contribution < -0.4 is 11.1 Å². The monoisotopic (exact) mass is 386 g/mol. The second kappa shape index (κ2) is 7.04. The minimum atomic E-state index is -0.322. The SMILES string of the molecule is Cc1nnc(SCC2CSc3nc(=O)c(-c4ccccc4)nn32)[nH]c1=O. The van der Waals surface area contributed by atoms with Crippen LogP contribution in [0.2, 0.25) is 0 Å². The Bertz CT molecular complexity index is 1070. The van der Waals surface area contributed by atoms with Gasteiger partial charge in [-0.2, -0.15) is 10.1 Å². The third kappa shape index (κ3) is 3.29. The zero-order valence-electron chi connectivity index (χ0n) is 13.7. The van der Waals surface area contributed by atoms with Crippen LogP contribution in [0.3, 0.4) is 0 Å². The molecule has 26 heavy (non-hydrogen) atoms. The quantitative estimate of drug-likeness (QED) is 0.673. The number of aryl methyl sites for hydroxylation is 1. The van der Waals surface area contributed by atoms with Crippen LogP contribution in [-0.2, 0) is 0 Å². The first kappa shape index (κ1) is 17.0. The smallest absolute Gasteiger partial charge is 0.298 e. The molecule has 132 valence electrons. The van der Waals surface area contributed by atoms with Crippen molar-refractivity contribution in [3.05, 3.63) is 56.7 Å². The van der Waals surface area contributed by atoms with Gasteiger partial charge in [-0.25, -0.2) is 4.68 Å². The Labute approximate surface area is 156 Å². The highest BCUT2D eigenvalue weighted by Gasteiger charge is 2.26. The maximum atomic E-state index is 12.3.